The molecular formula is C14H28. The maximum atomic E-state index is 2.35. The van der Waals surface area contributed by atoms with Gasteiger partial charge in [0.1, 0.15) is 0 Å². The van der Waals surface area contributed by atoms with Gasteiger partial charge in [0.2, 0.25) is 0 Å². The van der Waals surface area contributed by atoms with E-state index < -0.39 is 0 Å². The van der Waals surface area contributed by atoms with E-state index in [0.717, 1.165) is 0 Å². The average Bonchev–Trinajstić information content (AvgIpc) is 2.23. The smallest absolute Gasteiger partial charge is 0.00937 e. The van der Waals surface area contributed by atoms with E-state index in [-0.39, 0.29) is 0 Å². The Morgan fingerprint density at radius 2 is 1.71 bits per heavy atom. The van der Waals surface area contributed by atoms with Gasteiger partial charge in [0.25, 0.3) is 0 Å². The van der Waals surface area contributed by atoms with E-state index in [4.69, 9.17) is 0 Å². The van der Waals surface area contributed by atoms with Gasteiger partial charge in [-0.15, -0.1) is 0 Å². The molecule has 14 heavy (non-hydrogen) atoms. The topological polar surface area (TPSA) is 0 Å². The second kappa shape index (κ2) is 7.09. The van der Waals surface area contributed by atoms with Gasteiger partial charge in [-0.2, -0.15) is 0 Å². The zero-order valence-corrected chi connectivity index (χ0v) is 10.8. The van der Waals surface area contributed by atoms with Crippen molar-refractivity contribution in [3.8, 4) is 0 Å². The molecule has 0 radical (unpaired) electrons. The fourth-order valence-electron chi connectivity index (χ4n) is 2.45. The Hall–Kier alpha value is -0.260. The molecule has 0 aromatic carbocycles. The van der Waals surface area contributed by atoms with E-state index in [0.29, 0.717) is 5.41 Å². The summed E-state index contributed by atoms with van der Waals surface area (Å²) in [6, 6.07) is 0. The standard InChI is InChI=1S/C14H28/c1-6-10-12-14(9-4,11-7-2)13(5)8-3/h8H,6-7,9-12H2,1-5H3. The van der Waals surface area contributed by atoms with Crippen LogP contribution in [0.4, 0.5) is 0 Å². The Bertz CT molecular complexity index is 167. The lowest BCUT2D eigenvalue weighted by Crippen LogP contribution is -2.21. The van der Waals surface area contributed by atoms with Gasteiger partial charge in [0.15, 0.2) is 0 Å². The van der Waals surface area contributed by atoms with Crippen molar-refractivity contribution < 1.29 is 0 Å². The van der Waals surface area contributed by atoms with Gasteiger partial charge in [-0.05, 0) is 38.5 Å². The molecule has 0 rings (SSSR count). The van der Waals surface area contributed by atoms with E-state index in [1.54, 1.807) is 5.57 Å². The average molecular weight is 196 g/mol. The van der Waals surface area contributed by atoms with Crippen LogP contribution in [0.1, 0.15) is 73.1 Å². The molecule has 0 saturated carbocycles. The summed E-state index contributed by atoms with van der Waals surface area (Å²) in [5.74, 6) is 0. The lowest BCUT2D eigenvalue weighted by atomic mass is 9.71. The SMILES string of the molecule is CC=C(C)C(CC)(CCC)CCCC. The fraction of sp³-hybridized carbons (Fsp3) is 0.857. The first kappa shape index (κ1) is 13.7. The van der Waals surface area contributed by atoms with Crippen LogP contribution in [-0.4, -0.2) is 0 Å². The second-order valence-electron chi connectivity index (χ2n) is 4.46. The number of unbranched alkanes of at least 4 members (excludes halogenated alkanes) is 1. The lowest BCUT2D eigenvalue weighted by Gasteiger charge is -2.34. The van der Waals surface area contributed by atoms with Crippen molar-refractivity contribution in [1.82, 2.24) is 0 Å². The van der Waals surface area contributed by atoms with Gasteiger partial charge in [0.05, 0.1) is 0 Å². The molecule has 0 spiro atoms. The predicted molar refractivity (Wildman–Crippen MR) is 66.6 cm³/mol. The minimum Gasteiger partial charge on any atom is -0.0882 e. The molecule has 0 heteroatoms. The summed E-state index contributed by atoms with van der Waals surface area (Å²) in [5, 5.41) is 0. The van der Waals surface area contributed by atoms with Gasteiger partial charge >= 0.3 is 0 Å². The Morgan fingerprint density at radius 3 is 2.07 bits per heavy atom. The summed E-state index contributed by atoms with van der Waals surface area (Å²) in [6.07, 6.45) is 10.4. The van der Waals surface area contributed by atoms with Crippen molar-refractivity contribution in [2.24, 2.45) is 5.41 Å². The highest BCUT2D eigenvalue weighted by Gasteiger charge is 2.27. The van der Waals surface area contributed by atoms with Crippen molar-refractivity contribution in [3.05, 3.63) is 11.6 Å². The first-order valence-electron chi connectivity index (χ1n) is 6.30. The highest BCUT2D eigenvalue weighted by Crippen LogP contribution is 2.40. The number of rotatable bonds is 7. The van der Waals surface area contributed by atoms with Crippen LogP contribution >= 0.6 is 0 Å². The first-order chi connectivity index (χ1) is 6.66. The molecule has 84 valence electrons. The van der Waals surface area contributed by atoms with E-state index in [1.807, 2.05) is 0 Å². The van der Waals surface area contributed by atoms with Crippen molar-refractivity contribution in [1.29, 1.82) is 0 Å². The van der Waals surface area contributed by atoms with Crippen molar-refractivity contribution in [2.75, 3.05) is 0 Å². The predicted octanol–water partition coefficient (Wildman–Crippen LogP) is 5.34. The molecule has 0 fully saturated rings. The molecule has 1 atom stereocenters. The van der Waals surface area contributed by atoms with Crippen LogP contribution in [0.15, 0.2) is 11.6 Å². The molecule has 0 saturated heterocycles. The van der Waals surface area contributed by atoms with Gasteiger partial charge in [-0.3, -0.25) is 0 Å². The van der Waals surface area contributed by atoms with E-state index in [9.17, 15) is 0 Å². The third kappa shape index (κ3) is 3.48. The van der Waals surface area contributed by atoms with E-state index in [2.05, 4.69) is 40.7 Å². The third-order valence-electron chi connectivity index (χ3n) is 3.68. The van der Waals surface area contributed by atoms with E-state index in [1.165, 1.54) is 38.5 Å². The Morgan fingerprint density at radius 1 is 1.07 bits per heavy atom. The minimum absolute atomic E-state index is 0.513. The van der Waals surface area contributed by atoms with Gasteiger partial charge in [0, 0.05) is 0 Å². The first-order valence-corrected chi connectivity index (χ1v) is 6.30. The highest BCUT2D eigenvalue weighted by molar-refractivity contribution is 5.10. The molecule has 0 bridgehead atoms. The molecule has 0 heterocycles. The zero-order chi connectivity index (χ0) is 11.0. The summed E-state index contributed by atoms with van der Waals surface area (Å²) < 4.78 is 0. The van der Waals surface area contributed by atoms with Gasteiger partial charge in [-0.25, -0.2) is 0 Å². The monoisotopic (exact) mass is 196 g/mol. The van der Waals surface area contributed by atoms with Crippen LogP contribution in [0, 0.1) is 5.41 Å². The Labute approximate surface area is 90.8 Å². The maximum Gasteiger partial charge on any atom is -0.00937 e. The summed E-state index contributed by atoms with van der Waals surface area (Å²) in [4.78, 5) is 0. The molecule has 0 aliphatic heterocycles. The molecule has 0 aromatic rings. The molecule has 1 unspecified atom stereocenters. The van der Waals surface area contributed by atoms with Crippen LogP contribution in [-0.2, 0) is 0 Å². The van der Waals surface area contributed by atoms with Crippen molar-refractivity contribution >= 4 is 0 Å². The van der Waals surface area contributed by atoms with Crippen LogP contribution in [0.2, 0.25) is 0 Å². The van der Waals surface area contributed by atoms with Crippen LogP contribution in [0.3, 0.4) is 0 Å². The summed E-state index contributed by atoms with van der Waals surface area (Å²) >= 11 is 0. The molecular weight excluding hydrogens is 168 g/mol. The van der Waals surface area contributed by atoms with Crippen LogP contribution in [0.5, 0.6) is 0 Å². The quantitative estimate of drug-likeness (QED) is 0.482. The number of allylic oxidation sites excluding steroid dienone is 2. The molecule has 0 N–H and O–H groups in total. The Kier molecular flexibility index (Phi) is 6.96. The maximum absolute atomic E-state index is 2.35. The molecule has 0 amide bonds. The summed E-state index contributed by atoms with van der Waals surface area (Å²) in [5.41, 5.74) is 2.12. The molecule has 0 nitrogen and oxygen atoms in total. The van der Waals surface area contributed by atoms with Crippen LogP contribution in [0.25, 0.3) is 0 Å². The Balaban J connectivity index is 4.59. The summed E-state index contributed by atoms with van der Waals surface area (Å²) in [7, 11) is 0. The van der Waals surface area contributed by atoms with E-state index >= 15 is 0 Å². The minimum atomic E-state index is 0.513. The third-order valence-corrected chi connectivity index (χ3v) is 3.68. The van der Waals surface area contributed by atoms with Gasteiger partial charge in [-0.1, -0.05) is 51.7 Å². The number of hydrogen-bond acceptors (Lipinski definition) is 0. The lowest BCUT2D eigenvalue weighted by molar-refractivity contribution is 0.276. The van der Waals surface area contributed by atoms with Crippen molar-refractivity contribution in [2.45, 2.75) is 73.1 Å². The molecule has 0 aromatic heterocycles. The van der Waals surface area contributed by atoms with Crippen molar-refractivity contribution in [3.63, 3.8) is 0 Å². The second-order valence-corrected chi connectivity index (χ2v) is 4.46. The summed E-state index contributed by atoms with van der Waals surface area (Å²) in [6.45, 7) is 11.4. The molecule has 0 aliphatic carbocycles. The molecule has 0 aliphatic rings. The van der Waals surface area contributed by atoms with Crippen LogP contribution < -0.4 is 0 Å². The highest BCUT2D eigenvalue weighted by atomic mass is 14.3. The largest absolute Gasteiger partial charge is 0.0882 e. The van der Waals surface area contributed by atoms with Gasteiger partial charge < -0.3 is 0 Å². The number of hydrogen-bond donors (Lipinski definition) is 0. The fourth-order valence-corrected chi connectivity index (χ4v) is 2.45. The normalized spacial score (nSPS) is 16.8. The zero-order valence-electron chi connectivity index (χ0n) is 10.8.